The van der Waals surface area contributed by atoms with Gasteiger partial charge in [-0.2, -0.15) is 0 Å². The summed E-state index contributed by atoms with van der Waals surface area (Å²) in [5, 5.41) is 0. The molecular formula is C3H5Lu. The summed E-state index contributed by atoms with van der Waals surface area (Å²) >= 11 is 3.01. The predicted octanol–water partition coefficient (Wildman–Crippen LogP) is 1.14. The first kappa shape index (κ1) is 4.97. The molecule has 0 aromatic rings. The van der Waals surface area contributed by atoms with E-state index >= 15 is 0 Å². The van der Waals surface area contributed by atoms with Crippen LogP contribution in [0.2, 0.25) is 2.64 Å². The van der Waals surface area contributed by atoms with Crippen molar-refractivity contribution in [3.63, 3.8) is 0 Å². The molecule has 0 bridgehead atoms. The molecular weight excluding hydrogens is 211 g/mol. The third kappa shape index (κ3) is 2.97. The summed E-state index contributed by atoms with van der Waals surface area (Å²) < 4.78 is 0.917. The van der Waals surface area contributed by atoms with Crippen molar-refractivity contribution in [1.29, 1.82) is 0 Å². The second kappa shape index (κ2) is 3.97. The zero-order valence-corrected chi connectivity index (χ0v) is 3.91. The molecule has 0 fully saturated rings. The van der Waals surface area contributed by atoms with Gasteiger partial charge >= 0.3 is 50.3 Å². The van der Waals surface area contributed by atoms with E-state index in [-0.39, 0.29) is 0 Å². The van der Waals surface area contributed by atoms with Crippen molar-refractivity contribution in [1.82, 2.24) is 0 Å². The van der Waals surface area contributed by atoms with Crippen LogP contribution in [0.25, 0.3) is 0 Å². The van der Waals surface area contributed by atoms with Gasteiger partial charge in [-0.25, -0.2) is 0 Å². The van der Waals surface area contributed by atoms with Gasteiger partial charge in [0.05, 0.1) is 0 Å². The molecule has 0 aromatic carbocycles. The van der Waals surface area contributed by atoms with Crippen LogP contribution in [0, 0.1) is 35.0 Å². The molecule has 0 N–H and O–H groups in total. The predicted molar refractivity (Wildman–Crippen MR) is 15.0 cm³/mol. The molecule has 0 saturated carbocycles. The van der Waals surface area contributed by atoms with Gasteiger partial charge in [0.2, 0.25) is 0 Å². The Balaban J connectivity index is 2.30. The van der Waals surface area contributed by atoms with E-state index in [0.717, 1.165) is 2.64 Å². The van der Waals surface area contributed by atoms with Crippen LogP contribution in [0.4, 0.5) is 0 Å². The maximum atomic E-state index is 3.44. The van der Waals surface area contributed by atoms with Crippen LogP contribution in [-0.2, 0) is 0 Å². The van der Waals surface area contributed by atoms with Gasteiger partial charge < -0.3 is 0 Å². The molecule has 4 heavy (non-hydrogen) atoms. The van der Waals surface area contributed by atoms with Crippen molar-refractivity contribution >= 4 is 0 Å². The van der Waals surface area contributed by atoms with Gasteiger partial charge in [-0.05, 0) is 0 Å². The Kier molecular flexibility index (Phi) is 4.94. The van der Waals surface area contributed by atoms with Crippen LogP contribution >= 0.6 is 0 Å². The quantitative estimate of drug-likeness (QED) is 0.576. The van der Waals surface area contributed by atoms with Gasteiger partial charge in [0.25, 0.3) is 0 Å². The molecule has 0 atom stereocenters. The third-order valence-corrected chi connectivity index (χ3v) is 0.553. The minimum atomic E-state index is 0.917. The standard InChI is InChI=1S/C3H5.Lu/c1-3-2;/h3H,1-2H2;. The van der Waals surface area contributed by atoms with E-state index in [1.54, 1.807) is 6.08 Å². The number of hydrogen-bond acceptors (Lipinski definition) is 0. The molecule has 32 valence electrons. The van der Waals surface area contributed by atoms with E-state index in [1.807, 2.05) is 0 Å². The van der Waals surface area contributed by atoms with Crippen LogP contribution in [0.15, 0.2) is 12.7 Å². The van der Waals surface area contributed by atoms with E-state index in [1.165, 1.54) is 0 Å². The SMILES string of the molecule is C=C[CH2][Lu]. The molecule has 0 aliphatic carbocycles. The molecule has 0 radical (unpaired) electrons. The fourth-order valence-corrected chi connectivity index (χ4v) is 0. The first-order valence-corrected chi connectivity index (χ1v) is 2.17. The summed E-state index contributed by atoms with van der Waals surface area (Å²) in [4.78, 5) is 0. The van der Waals surface area contributed by atoms with Gasteiger partial charge in [-0.15, -0.1) is 0 Å². The van der Waals surface area contributed by atoms with Crippen molar-refractivity contribution in [2.45, 2.75) is 2.64 Å². The molecule has 0 heterocycles. The Labute approximate surface area is 49.9 Å². The fourth-order valence-electron chi connectivity index (χ4n) is 0. The second-order valence-electron chi connectivity index (χ2n) is 0.394. The van der Waals surface area contributed by atoms with E-state index in [2.05, 4.69) is 41.5 Å². The zero-order valence-electron chi connectivity index (χ0n) is 2.25. The summed E-state index contributed by atoms with van der Waals surface area (Å²) in [5.74, 6) is 0. The van der Waals surface area contributed by atoms with Gasteiger partial charge in [-0.1, -0.05) is 0 Å². The van der Waals surface area contributed by atoms with Crippen LogP contribution in [0.3, 0.4) is 0 Å². The summed E-state index contributed by atoms with van der Waals surface area (Å²) in [6.07, 6.45) is 1.80. The van der Waals surface area contributed by atoms with Gasteiger partial charge in [0.15, 0.2) is 0 Å². The van der Waals surface area contributed by atoms with Crippen molar-refractivity contribution in [3.8, 4) is 0 Å². The molecule has 0 amide bonds. The van der Waals surface area contributed by atoms with Crippen molar-refractivity contribution in [3.05, 3.63) is 12.7 Å². The summed E-state index contributed by atoms with van der Waals surface area (Å²) in [6.45, 7) is 3.44. The van der Waals surface area contributed by atoms with E-state index in [9.17, 15) is 0 Å². The average Bonchev–Trinajstić information content (AvgIpc) is 1.37. The molecule has 0 saturated heterocycles. The van der Waals surface area contributed by atoms with E-state index < -0.39 is 0 Å². The molecule has 0 aliphatic heterocycles. The zero-order chi connectivity index (χ0) is 3.41. The average molecular weight is 216 g/mol. The van der Waals surface area contributed by atoms with E-state index in [0.29, 0.717) is 0 Å². The molecule has 0 unspecified atom stereocenters. The Morgan fingerprint density at radius 2 is 2.25 bits per heavy atom. The van der Waals surface area contributed by atoms with Gasteiger partial charge in [-0.3, -0.25) is 0 Å². The van der Waals surface area contributed by atoms with Gasteiger partial charge in [0.1, 0.15) is 0 Å². The van der Waals surface area contributed by atoms with Gasteiger partial charge in [0, 0.05) is 0 Å². The third-order valence-electron chi connectivity index (χ3n) is 0.0745. The first-order valence-electron chi connectivity index (χ1n) is 0.999. The van der Waals surface area contributed by atoms with Crippen molar-refractivity contribution in [2.75, 3.05) is 0 Å². The Morgan fingerprint density at radius 3 is 2.25 bits per heavy atom. The molecule has 0 nitrogen and oxygen atoms in total. The maximum absolute atomic E-state index is 3.44. The monoisotopic (exact) mass is 216 g/mol. The van der Waals surface area contributed by atoms with Crippen LogP contribution < -0.4 is 0 Å². The molecule has 0 aromatic heterocycles. The Hall–Kier alpha value is 0.974. The Morgan fingerprint density at radius 1 is 2.00 bits per heavy atom. The molecule has 0 spiro atoms. The van der Waals surface area contributed by atoms with Crippen LogP contribution in [-0.4, -0.2) is 0 Å². The topological polar surface area (TPSA) is 0 Å². The minimum absolute atomic E-state index is 0.917. The number of allylic oxidation sites excluding steroid dienone is 1. The fraction of sp³-hybridized carbons (Fsp3) is 0.333. The molecule has 0 aliphatic rings. The number of hydrogen-bond donors (Lipinski definition) is 0. The Bertz CT molecular complexity index is 17.2. The first-order chi connectivity index (χ1) is 1.91. The molecule has 1 heteroatoms. The second-order valence-corrected chi connectivity index (χ2v) is 1.07. The number of rotatable bonds is 1. The van der Waals surface area contributed by atoms with Crippen LogP contribution in [0.1, 0.15) is 0 Å². The summed E-state index contributed by atoms with van der Waals surface area (Å²) in [6, 6.07) is 0. The normalized spacial score (nSPS) is 6.50. The van der Waals surface area contributed by atoms with E-state index in [4.69, 9.17) is 0 Å². The van der Waals surface area contributed by atoms with Crippen molar-refractivity contribution < 1.29 is 35.0 Å². The van der Waals surface area contributed by atoms with Crippen LogP contribution in [0.5, 0.6) is 0 Å². The summed E-state index contributed by atoms with van der Waals surface area (Å²) in [7, 11) is 0. The molecule has 0 rings (SSSR count). The van der Waals surface area contributed by atoms with Crippen molar-refractivity contribution in [2.24, 2.45) is 0 Å². The summed E-state index contributed by atoms with van der Waals surface area (Å²) in [5.41, 5.74) is 0.